The van der Waals surface area contributed by atoms with Crippen LogP contribution in [0.2, 0.25) is 0 Å². The molecule has 2 aromatic heterocycles. The monoisotopic (exact) mass is 468 g/mol. The van der Waals surface area contributed by atoms with Gasteiger partial charge in [-0.1, -0.05) is 30.3 Å². The van der Waals surface area contributed by atoms with Gasteiger partial charge in [-0.15, -0.1) is 0 Å². The number of H-pyrrole nitrogens is 1. The van der Waals surface area contributed by atoms with Crippen LogP contribution in [0.4, 0.5) is 10.2 Å². The van der Waals surface area contributed by atoms with Crippen LogP contribution in [0, 0.1) is 11.3 Å². The van der Waals surface area contributed by atoms with Gasteiger partial charge in [-0.3, -0.25) is 9.59 Å². The molecule has 0 bridgehead atoms. The maximum atomic E-state index is 15.6. The largest absolute Gasteiger partial charge is 0.352 e. The minimum atomic E-state index is -1.62. The van der Waals surface area contributed by atoms with E-state index >= 15 is 4.39 Å². The number of carbonyl (C=O) groups excluding carboxylic acids is 1. The number of benzene rings is 2. The van der Waals surface area contributed by atoms with Gasteiger partial charge in [0.1, 0.15) is 17.6 Å². The molecule has 8 nitrogen and oxygen atoms in total. The molecule has 1 saturated heterocycles. The van der Waals surface area contributed by atoms with Gasteiger partial charge in [-0.2, -0.15) is 10.4 Å². The van der Waals surface area contributed by atoms with Crippen LogP contribution in [0.1, 0.15) is 33.4 Å². The molecule has 0 saturated carbocycles. The number of carbonyl (C=O) groups is 1. The van der Waals surface area contributed by atoms with Crippen molar-refractivity contribution in [3.8, 4) is 6.07 Å². The molecule has 0 radical (unpaired) electrons. The van der Waals surface area contributed by atoms with Crippen LogP contribution in [0.3, 0.4) is 0 Å². The second-order valence-corrected chi connectivity index (χ2v) is 8.24. The van der Waals surface area contributed by atoms with Gasteiger partial charge in [0.2, 0.25) is 0 Å². The summed E-state index contributed by atoms with van der Waals surface area (Å²) >= 11 is 0. The minimum Gasteiger partial charge on any atom is -0.352 e. The van der Waals surface area contributed by atoms with Crippen molar-refractivity contribution in [3.63, 3.8) is 0 Å². The van der Waals surface area contributed by atoms with Crippen LogP contribution in [0.25, 0.3) is 10.8 Å². The number of amides is 1. The van der Waals surface area contributed by atoms with Crippen LogP contribution in [-0.2, 0) is 0 Å². The smallest absolute Gasteiger partial charge is 0.272 e. The van der Waals surface area contributed by atoms with E-state index in [1.54, 1.807) is 65.7 Å². The molecule has 1 aliphatic heterocycles. The Bertz CT molecular complexity index is 1500. The molecule has 1 unspecified atom stereocenters. The Labute approximate surface area is 200 Å². The lowest BCUT2D eigenvalue weighted by atomic mass is 10.0. The molecular formula is C26H21FN6O2. The maximum absolute atomic E-state index is 15.6. The van der Waals surface area contributed by atoms with Crippen molar-refractivity contribution in [3.05, 3.63) is 99.6 Å². The molecule has 0 aliphatic carbocycles. The van der Waals surface area contributed by atoms with E-state index < -0.39 is 6.17 Å². The topological polar surface area (TPSA) is 106 Å². The van der Waals surface area contributed by atoms with E-state index in [1.165, 1.54) is 6.07 Å². The van der Waals surface area contributed by atoms with Gasteiger partial charge < -0.3 is 9.80 Å². The van der Waals surface area contributed by atoms with E-state index in [0.29, 0.717) is 53.9 Å². The van der Waals surface area contributed by atoms with Crippen LogP contribution in [0.5, 0.6) is 0 Å². The summed E-state index contributed by atoms with van der Waals surface area (Å²) in [6, 6.07) is 18.8. The highest BCUT2D eigenvalue weighted by molar-refractivity contribution is 5.94. The van der Waals surface area contributed by atoms with Gasteiger partial charge in [0, 0.05) is 43.3 Å². The Morgan fingerprint density at radius 1 is 1.03 bits per heavy atom. The molecular weight excluding hydrogens is 447 g/mol. The molecule has 4 aromatic rings. The molecule has 1 aliphatic rings. The predicted octanol–water partition coefficient (Wildman–Crippen LogP) is 3.21. The quantitative estimate of drug-likeness (QED) is 0.493. The number of alkyl halides is 1. The van der Waals surface area contributed by atoms with Crippen molar-refractivity contribution in [2.75, 3.05) is 31.1 Å². The fraction of sp³-hybridized carbons (Fsp3) is 0.192. The van der Waals surface area contributed by atoms with Crippen molar-refractivity contribution in [2.45, 2.75) is 6.17 Å². The first-order chi connectivity index (χ1) is 17.1. The van der Waals surface area contributed by atoms with Crippen molar-refractivity contribution in [1.82, 2.24) is 20.1 Å². The van der Waals surface area contributed by atoms with Gasteiger partial charge >= 0.3 is 0 Å². The van der Waals surface area contributed by atoms with E-state index in [2.05, 4.69) is 21.3 Å². The van der Waals surface area contributed by atoms with Gasteiger partial charge in [-0.25, -0.2) is 14.5 Å². The minimum absolute atomic E-state index is 0.0991. The molecule has 2 aromatic carbocycles. The van der Waals surface area contributed by atoms with E-state index in [1.807, 2.05) is 4.90 Å². The molecule has 1 amide bonds. The van der Waals surface area contributed by atoms with Crippen LogP contribution >= 0.6 is 0 Å². The Morgan fingerprint density at radius 3 is 2.57 bits per heavy atom. The van der Waals surface area contributed by atoms with Crippen LogP contribution < -0.4 is 10.5 Å². The third kappa shape index (κ3) is 4.22. The molecule has 3 heterocycles. The number of nitrogens with one attached hydrogen (secondary N) is 1. The molecule has 1 atom stereocenters. The van der Waals surface area contributed by atoms with Crippen molar-refractivity contribution in [2.24, 2.45) is 0 Å². The predicted molar refractivity (Wildman–Crippen MR) is 129 cm³/mol. The lowest BCUT2D eigenvalue weighted by Gasteiger charge is -2.35. The number of fused-ring (bicyclic) bond motifs is 1. The molecule has 5 rings (SSSR count). The van der Waals surface area contributed by atoms with Crippen LogP contribution in [-0.4, -0.2) is 52.2 Å². The summed E-state index contributed by atoms with van der Waals surface area (Å²) in [5.74, 6) is 0.421. The lowest BCUT2D eigenvalue weighted by Crippen LogP contribution is -2.49. The van der Waals surface area contributed by atoms with E-state index in [-0.39, 0.29) is 22.7 Å². The molecule has 1 fully saturated rings. The summed E-state index contributed by atoms with van der Waals surface area (Å²) in [6.45, 7) is 1.98. The van der Waals surface area contributed by atoms with Crippen molar-refractivity contribution >= 4 is 22.5 Å². The first kappa shape index (κ1) is 22.2. The third-order valence-electron chi connectivity index (χ3n) is 6.17. The first-order valence-electron chi connectivity index (χ1n) is 11.2. The Kier molecular flexibility index (Phi) is 5.94. The zero-order valence-corrected chi connectivity index (χ0v) is 18.7. The molecule has 0 spiro atoms. The fourth-order valence-electron chi connectivity index (χ4n) is 4.36. The summed E-state index contributed by atoms with van der Waals surface area (Å²) < 4.78 is 15.6. The molecule has 9 heteroatoms. The number of rotatable bonds is 4. The highest BCUT2D eigenvalue weighted by Crippen LogP contribution is 2.29. The first-order valence-corrected chi connectivity index (χ1v) is 11.2. The number of pyridine rings is 1. The number of halogens is 1. The van der Waals surface area contributed by atoms with Crippen molar-refractivity contribution in [1.29, 1.82) is 5.26 Å². The Morgan fingerprint density at radius 2 is 1.80 bits per heavy atom. The standard InChI is InChI=1S/C26H21FN6O2/c27-22(23-20-8-1-2-9-21(20)25(34)31-30-23)17-5-3-6-18(15-17)26(35)33-13-11-32(12-14-33)24-19(16-28)7-4-10-29-24/h1-10,15,22H,11-14H2,(H,31,34). The normalized spacial score (nSPS) is 14.5. The summed E-state index contributed by atoms with van der Waals surface area (Å²) in [5, 5.41) is 16.4. The highest BCUT2D eigenvalue weighted by Gasteiger charge is 2.25. The second-order valence-electron chi connectivity index (χ2n) is 8.24. The van der Waals surface area contributed by atoms with Gasteiger partial charge in [0.25, 0.3) is 11.5 Å². The van der Waals surface area contributed by atoms with E-state index in [9.17, 15) is 14.9 Å². The summed E-state index contributed by atoms with van der Waals surface area (Å²) in [5.41, 5.74) is 0.876. The second kappa shape index (κ2) is 9.35. The average molecular weight is 468 g/mol. The Hall–Kier alpha value is -4.58. The van der Waals surface area contributed by atoms with Crippen molar-refractivity contribution < 1.29 is 9.18 Å². The van der Waals surface area contributed by atoms with Gasteiger partial charge in [0.15, 0.2) is 6.17 Å². The SMILES string of the molecule is N#Cc1cccnc1N1CCN(C(=O)c2cccc(C(F)c3n[nH]c(=O)c4ccccc34)c2)CC1. The lowest BCUT2D eigenvalue weighted by molar-refractivity contribution is 0.0746. The number of hydrogen-bond donors (Lipinski definition) is 1. The fourth-order valence-corrected chi connectivity index (χ4v) is 4.36. The molecule has 35 heavy (non-hydrogen) atoms. The maximum Gasteiger partial charge on any atom is 0.272 e. The number of aromatic amines is 1. The van der Waals surface area contributed by atoms with Gasteiger partial charge in [0.05, 0.1) is 10.9 Å². The van der Waals surface area contributed by atoms with E-state index in [4.69, 9.17) is 0 Å². The number of aromatic nitrogens is 3. The number of nitrogens with zero attached hydrogens (tertiary/aromatic N) is 5. The zero-order chi connectivity index (χ0) is 24.4. The van der Waals surface area contributed by atoms with Crippen LogP contribution in [0.15, 0.2) is 71.7 Å². The zero-order valence-electron chi connectivity index (χ0n) is 18.7. The summed E-state index contributed by atoms with van der Waals surface area (Å²) in [6.07, 6.45) is 0.0300. The third-order valence-corrected chi connectivity index (χ3v) is 6.17. The summed E-state index contributed by atoms with van der Waals surface area (Å²) in [7, 11) is 0. The number of nitriles is 1. The number of anilines is 1. The summed E-state index contributed by atoms with van der Waals surface area (Å²) in [4.78, 5) is 33.3. The Balaban J connectivity index is 1.34. The van der Waals surface area contributed by atoms with Gasteiger partial charge in [-0.05, 0) is 35.9 Å². The number of hydrogen-bond acceptors (Lipinski definition) is 6. The molecule has 174 valence electrons. The van der Waals surface area contributed by atoms with E-state index in [0.717, 1.165) is 0 Å². The average Bonchev–Trinajstić information content (AvgIpc) is 2.93. The molecule has 1 N–H and O–H groups in total. The highest BCUT2D eigenvalue weighted by atomic mass is 19.1. The number of piperazine rings is 1.